The largest absolute Gasteiger partial charge is 0.454 e. The quantitative estimate of drug-likeness (QED) is 0.517. The van der Waals surface area contributed by atoms with Crippen LogP contribution < -0.4 is 5.32 Å². The first-order valence-corrected chi connectivity index (χ1v) is 8.26. The first-order chi connectivity index (χ1) is 12.3. The van der Waals surface area contributed by atoms with Gasteiger partial charge >= 0.3 is 0 Å². The fourth-order valence-corrected chi connectivity index (χ4v) is 2.87. The molecule has 0 spiro atoms. The van der Waals surface area contributed by atoms with Crippen molar-refractivity contribution < 1.29 is 8.81 Å². The van der Waals surface area contributed by atoms with E-state index in [-0.39, 0.29) is 5.82 Å². The molecule has 0 atom stereocenters. The predicted octanol–water partition coefficient (Wildman–Crippen LogP) is 4.29. The molecule has 0 fully saturated rings. The summed E-state index contributed by atoms with van der Waals surface area (Å²) >= 11 is 0. The van der Waals surface area contributed by atoms with Crippen molar-refractivity contribution in [3.63, 3.8) is 0 Å². The van der Waals surface area contributed by atoms with E-state index in [2.05, 4.69) is 15.5 Å². The summed E-state index contributed by atoms with van der Waals surface area (Å²) in [6, 6.07) is 16.6. The molecular formula is C20H18FN3O. The van der Waals surface area contributed by atoms with Gasteiger partial charge in [0.15, 0.2) is 5.76 Å². The van der Waals surface area contributed by atoms with Crippen LogP contribution in [-0.4, -0.2) is 16.7 Å². The molecule has 0 saturated heterocycles. The van der Waals surface area contributed by atoms with E-state index >= 15 is 0 Å². The minimum Gasteiger partial charge on any atom is -0.454 e. The van der Waals surface area contributed by atoms with Gasteiger partial charge < -0.3 is 9.73 Å². The second-order valence-corrected chi connectivity index (χ2v) is 5.97. The van der Waals surface area contributed by atoms with Crippen molar-refractivity contribution >= 4 is 11.0 Å². The first kappa shape index (κ1) is 15.6. The Morgan fingerprint density at radius 3 is 2.76 bits per heavy atom. The zero-order chi connectivity index (χ0) is 17.1. The van der Waals surface area contributed by atoms with E-state index in [0.29, 0.717) is 6.54 Å². The van der Waals surface area contributed by atoms with Gasteiger partial charge in [-0.05, 0) is 42.8 Å². The third-order valence-electron chi connectivity index (χ3n) is 4.21. The van der Waals surface area contributed by atoms with E-state index in [1.807, 2.05) is 48.7 Å². The Hall–Kier alpha value is -2.92. The van der Waals surface area contributed by atoms with Gasteiger partial charge in [-0.15, -0.1) is 0 Å². The highest BCUT2D eigenvalue weighted by molar-refractivity contribution is 5.82. The summed E-state index contributed by atoms with van der Waals surface area (Å²) in [4.78, 5) is 0. The molecule has 0 amide bonds. The summed E-state index contributed by atoms with van der Waals surface area (Å²) in [5.41, 5.74) is 3.92. The minimum atomic E-state index is -0.203. The first-order valence-electron chi connectivity index (χ1n) is 8.26. The maximum Gasteiger partial charge on any atom is 0.153 e. The van der Waals surface area contributed by atoms with Crippen LogP contribution in [0.25, 0.3) is 22.4 Å². The van der Waals surface area contributed by atoms with Crippen molar-refractivity contribution in [3.8, 4) is 11.5 Å². The number of benzene rings is 2. The molecule has 4 nitrogen and oxygen atoms in total. The third kappa shape index (κ3) is 3.46. The molecule has 2 aromatic heterocycles. The Morgan fingerprint density at radius 1 is 1.08 bits per heavy atom. The molecule has 4 rings (SSSR count). The SMILES string of the molecule is Fc1ccc(CCNCc2cn[nH]c2-c2cc3ccccc3o2)cc1. The lowest BCUT2D eigenvalue weighted by Gasteiger charge is -2.05. The van der Waals surface area contributed by atoms with Crippen LogP contribution in [0.2, 0.25) is 0 Å². The normalized spacial score (nSPS) is 11.2. The lowest BCUT2D eigenvalue weighted by atomic mass is 10.1. The number of fused-ring (bicyclic) bond motifs is 1. The lowest BCUT2D eigenvalue weighted by Crippen LogP contribution is -2.16. The fraction of sp³-hybridized carbons (Fsp3) is 0.150. The van der Waals surface area contributed by atoms with Gasteiger partial charge in [-0.2, -0.15) is 5.10 Å². The molecule has 0 unspecified atom stereocenters. The number of hydrogen-bond donors (Lipinski definition) is 2. The molecule has 4 aromatic rings. The van der Waals surface area contributed by atoms with Gasteiger partial charge in [0.1, 0.15) is 17.1 Å². The Balaban J connectivity index is 1.40. The number of aromatic nitrogens is 2. The molecule has 0 aliphatic carbocycles. The van der Waals surface area contributed by atoms with Crippen LogP contribution in [0.4, 0.5) is 4.39 Å². The molecule has 25 heavy (non-hydrogen) atoms. The van der Waals surface area contributed by atoms with Crippen LogP contribution in [0, 0.1) is 5.82 Å². The number of nitrogens with one attached hydrogen (secondary N) is 2. The molecule has 0 aliphatic heterocycles. The molecule has 0 bridgehead atoms. The second kappa shape index (κ2) is 6.91. The number of H-pyrrole nitrogens is 1. The molecule has 5 heteroatoms. The van der Waals surface area contributed by atoms with E-state index in [4.69, 9.17) is 4.42 Å². The van der Waals surface area contributed by atoms with Crippen LogP contribution in [0.5, 0.6) is 0 Å². The number of furan rings is 1. The predicted molar refractivity (Wildman–Crippen MR) is 95.6 cm³/mol. The summed E-state index contributed by atoms with van der Waals surface area (Å²) < 4.78 is 18.8. The van der Waals surface area contributed by atoms with Gasteiger partial charge in [0, 0.05) is 17.5 Å². The van der Waals surface area contributed by atoms with Gasteiger partial charge in [0.25, 0.3) is 0 Å². The molecular weight excluding hydrogens is 317 g/mol. The highest BCUT2D eigenvalue weighted by atomic mass is 19.1. The molecule has 0 saturated carbocycles. The lowest BCUT2D eigenvalue weighted by molar-refractivity contribution is 0.624. The number of hydrogen-bond acceptors (Lipinski definition) is 3. The Morgan fingerprint density at radius 2 is 1.92 bits per heavy atom. The summed E-state index contributed by atoms with van der Waals surface area (Å²) in [5, 5.41) is 11.6. The Bertz CT molecular complexity index is 939. The zero-order valence-corrected chi connectivity index (χ0v) is 13.6. The van der Waals surface area contributed by atoms with E-state index in [9.17, 15) is 4.39 Å². The van der Waals surface area contributed by atoms with Gasteiger partial charge in [0.2, 0.25) is 0 Å². The Kier molecular flexibility index (Phi) is 4.31. The van der Waals surface area contributed by atoms with Gasteiger partial charge in [-0.1, -0.05) is 30.3 Å². The van der Waals surface area contributed by atoms with Crippen LogP contribution >= 0.6 is 0 Å². The summed E-state index contributed by atoms with van der Waals surface area (Å²) in [6.07, 6.45) is 2.66. The number of halogens is 1. The van der Waals surface area contributed by atoms with Gasteiger partial charge in [-0.3, -0.25) is 5.10 Å². The standard InChI is InChI=1S/C20H18FN3O/c21-17-7-5-14(6-8-17)9-10-22-12-16-13-23-24-20(16)19-11-15-3-1-2-4-18(15)25-19/h1-8,11,13,22H,9-10,12H2,(H,23,24). The van der Waals surface area contributed by atoms with Crippen molar-refractivity contribution in [1.29, 1.82) is 0 Å². The Labute approximate surface area is 144 Å². The number of nitrogens with zero attached hydrogens (tertiary/aromatic N) is 1. The van der Waals surface area contributed by atoms with Crippen LogP contribution in [0.3, 0.4) is 0 Å². The van der Waals surface area contributed by atoms with Crippen molar-refractivity contribution in [1.82, 2.24) is 15.5 Å². The van der Waals surface area contributed by atoms with E-state index in [0.717, 1.165) is 46.5 Å². The maximum atomic E-state index is 12.9. The van der Waals surface area contributed by atoms with Crippen molar-refractivity contribution in [2.24, 2.45) is 0 Å². The van der Waals surface area contributed by atoms with Crippen LogP contribution in [-0.2, 0) is 13.0 Å². The number of rotatable bonds is 6. The van der Waals surface area contributed by atoms with Crippen molar-refractivity contribution in [3.05, 3.63) is 77.7 Å². The average molecular weight is 335 g/mol. The maximum absolute atomic E-state index is 12.9. The van der Waals surface area contributed by atoms with Crippen LogP contribution in [0.1, 0.15) is 11.1 Å². The van der Waals surface area contributed by atoms with Crippen LogP contribution in [0.15, 0.2) is 65.2 Å². The third-order valence-corrected chi connectivity index (χ3v) is 4.21. The number of para-hydroxylation sites is 1. The molecule has 126 valence electrons. The monoisotopic (exact) mass is 335 g/mol. The van der Waals surface area contributed by atoms with E-state index in [1.165, 1.54) is 12.1 Å². The highest BCUT2D eigenvalue weighted by Gasteiger charge is 2.12. The summed E-state index contributed by atoms with van der Waals surface area (Å²) in [7, 11) is 0. The molecule has 2 aromatic carbocycles. The van der Waals surface area contributed by atoms with E-state index in [1.54, 1.807) is 0 Å². The smallest absolute Gasteiger partial charge is 0.153 e. The summed E-state index contributed by atoms with van der Waals surface area (Å²) in [5.74, 6) is 0.583. The number of aromatic amines is 1. The van der Waals surface area contributed by atoms with Gasteiger partial charge in [-0.25, -0.2) is 4.39 Å². The van der Waals surface area contributed by atoms with Gasteiger partial charge in [0.05, 0.1) is 6.20 Å². The van der Waals surface area contributed by atoms with Crippen molar-refractivity contribution in [2.45, 2.75) is 13.0 Å². The summed E-state index contributed by atoms with van der Waals surface area (Å²) in [6.45, 7) is 1.49. The zero-order valence-electron chi connectivity index (χ0n) is 13.6. The highest BCUT2D eigenvalue weighted by Crippen LogP contribution is 2.28. The minimum absolute atomic E-state index is 0.203. The topological polar surface area (TPSA) is 53.9 Å². The fourth-order valence-electron chi connectivity index (χ4n) is 2.87. The van der Waals surface area contributed by atoms with E-state index < -0.39 is 0 Å². The molecule has 0 radical (unpaired) electrons. The molecule has 2 N–H and O–H groups in total. The van der Waals surface area contributed by atoms with Crippen molar-refractivity contribution in [2.75, 3.05) is 6.54 Å². The molecule has 2 heterocycles. The average Bonchev–Trinajstić information content (AvgIpc) is 3.26. The molecule has 0 aliphatic rings. The second-order valence-electron chi connectivity index (χ2n) is 5.97.